The molecule has 0 aliphatic heterocycles. The molecular weight excluding hydrogens is 404 g/mol. The third kappa shape index (κ3) is 12.4. The van der Waals surface area contributed by atoms with E-state index in [-0.39, 0.29) is 49.1 Å². The van der Waals surface area contributed by atoms with Crippen LogP contribution in [0.5, 0.6) is 0 Å². The lowest BCUT2D eigenvalue weighted by molar-refractivity contribution is -0.138. The van der Waals surface area contributed by atoms with E-state index in [1.165, 1.54) is 0 Å². The van der Waals surface area contributed by atoms with E-state index in [1.807, 2.05) is 0 Å². The average Bonchev–Trinajstić information content (AvgIpc) is 2.59. The number of esters is 1. The molecule has 0 fully saturated rings. The largest absolute Gasteiger partial charge is 0.461 e. The van der Waals surface area contributed by atoms with Gasteiger partial charge in [-0.1, -0.05) is 10.3 Å². The highest BCUT2D eigenvalue weighted by Gasteiger charge is 2.25. The Kier molecular flexibility index (Phi) is 12.0. The van der Waals surface area contributed by atoms with Crippen LogP contribution in [0.2, 0.25) is 0 Å². The van der Waals surface area contributed by atoms with Crippen molar-refractivity contribution >= 4 is 32.1 Å². The quantitative estimate of drug-likeness (QED) is 0.141. The molecule has 0 spiro atoms. The summed E-state index contributed by atoms with van der Waals surface area (Å²) >= 11 is 0. The second-order valence-corrected chi connectivity index (χ2v) is 9.08. The monoisotopic (exact) mass is 430 g/mol. The van der Waals surface area contributed by atoms with E-state index >= 15 is 0 Å². The van der Waals surface area contributed by atoms with E-state index in [0.29, 0.717) is 6.54 Å². The Labute approximate surface area is 159 Å². The first-order chi connectivity index (χ1) is 12.5. The molecule has 1 amide bonds. The molecule has 158 valence electrons. The van der Waals surface area contributed by atoms with Crippen molar-refractivity contribution in [3.8, 4) is 0 Å². The van der Waals surface area contributed by atoms with E-state index in [4.69, 9.17) is 4.74 Å². The highest BCUT2D eigenvalue weighted by atomic mass is 32.3. The molecule has 3 N–H and O–H groups in total. The van der Waals surface area contributed by atoms with E-state index in [2.05, 4.69) is 26.7 Å². The summed E-state index contributed by atoms with van der Waals surface area (Å²) in [5, 5.41) is 5.33. The summed E-state index contributed by atoms with van der Waals surface area (Å²) in [4.78, 5) is 22.2. The summed E-state index contributed by atoms with van der Waals surface area (Å²) in [6, 6.07) is 0. The first-order valence-corrected chi connectivity index (χ1v) is 11.1. The number of carbonyl (C=O) groups excluding carboxylic acids is 2. The van der Waals surface area contributed by atoms with Crippen LogP contribution in [0.25, 0.3) is 0 Å². The van der Waals surface area contributed by atoms with Crippen molar-refractivity contribution in [1.29, 1.82) is 0 Å². The third-order valence-corrected chi connectivity index (χ3v) is 6.46. The predicted octanol–water partition coefficient (Wildman–Crippen LogP) is -2.84. The van der Waals surface area contributed by atoms with Gasteiger partial charge in [-0.05, 0) is 0 Å². The minimum atomic E-state index is -4.13. The molecule has 0 aliphatic carbocycles. The predicted molar refractivity (Wildman–Crippen MR) is 97.4 cm³/mol. The number of nitrogens with one attached hydrogen (secondary N) is 3. The number of carbonyl (C=O) groups is 2. The van der Waals surface area contributed by atoms with Gasteiger partial charge in [-0.25, -0.2) is 13.2 Å². The maximum atomic E-state index is 11.6. The number of amides is 1. The molecule has 0 saturated heterocycles. The summed E-state index contributed by atoms with van der Waals surface area (Å²) in [6.45, 7) is 3.97. The van der Waals surface area contributed by atoms with Gasteiger partial charge in [-0.2, -0.15) is 13.1 Å². The van der Waals surface area contributed by atoms with Crippen LogP contribution in [0.15, 0.2) is 12.7 Å². The molecule has 0 bridgehead atoms. The molecule has 12 nitrogen and oxygen atoms in total. The van der Waals surface area contributed by atoms with E-state index in [0.717, 1.165) is 19.4 Å². The van der Waals surface area contributed by atoms with Crippen LogP contribution < -0.4 is 15.4 Å². The van der Waals surface area contributed by atoms with Crippen LogP contribution in [-0.4, -0.2) is 91.7 Å². The standard InChI is InChI=1S/C13H26N4O8S2/c1-4-13(19)25-10-6-15-12(18)11-14-5-8-24-9-7-16-27(22,23)17(2)26(3,20)21/h4,14,16H,1,5-11H2,2-3H3,(H,15,18). The van der Waals surface area contributed by atoms with Gasteiger partial charge in [-0.3, -0.25) is 4.79 Å². The van der Waals surface area contributed by atoms with Crippen molar-refractivity contribution in [1.82, 2.24) is 19.1 Å². The fourth-order valence-corrected chi connectivity index (χ4v) is 3.53. The first kappa shape index (κ1) is 25.4. The maximum Gasteiger partial charge on any atom is 0.330 e. The highest BCUT2D eigenvalue weighted by molar-refractivity contribution is 8.02. The summed E-state index contributed by atoms with van der Waals surface area (Å²) in [5.41, 5.74) is 0. The second kappa shape index (κ2) is 12.7. The smallest absolute Gasteiger partial charge is 0.330 e. The maximum absolute atomic E-state index is 11.6. The molecule has 27 heavy (non-hydrogen) atoms. The zero-order chi connectivity index (χ0) is 20.9. The van der Waals surface area contributed by atoms with Crippen molar-refractivity contribution < 1.29 is 35.9 Å². The SMILES string of the molecule is C=CC(=O)OCCNC(=O)CNCCOCCNS(=O)(=O)N(C)S(C)(=O)=O. The minimum Gasteiger partial charge on any atom is -0.461 e. The van der Waals surface area contributed by atoms with Crippen LogP contribution >= 0.6 is 0 Å². The van der Waals surface area contributed by atoms with Crippen LogP contribution in [-0.2, 0) is 39.3 Å². The highest BCUT2D eigenvalue weighted by Crippen LogP contribution is 1.99. The van der Waals surface area contributed by atoms with Crippen molar-refractivity contribution in [3.63, 3.8) is 0 Å². The van der Waals surface area contributed by atoms with Crippen LogP contribution in [0, 0.1) is 0 Å². The van der Waals surface area contributed by atoms with Crippen LogP contribution in [0.3, 0.4) is 0 Å². The van der Waals surface area contributed by atoms with Gasteiger partial charge in [0.1, 0.15) is 6.61 Å². The molecule has 0 heterocycles. The van der Waals surface area contributed by atoms with Gasteiger partial charge in [-0.15, -0.1) is 0 Å². The summed E-state index contributed by atoms with van der Waals surface area (Å²) in [6.07, 6.45) is 1.80. The number of sulfonamides is 1. The van der Waals surface area contributed by atoms with Crippen LogP contribution in [0.4, 0.5) is 0 Å². The minimum absolute atomic E-state index is 0.0272. The van der Waals surface area contributed by atoms with Gasteiger partial charge < -0.3 is 20.1 Å². The Morgan fingerprint density at radius 3 is 2.30 bits per heavy atom. The molecule has 0 atom stereocenters. The van der Waals surface area contributed by atoms with Gasteiger partial charge in [0.15, 0.2) is 0 Å². The number of nitrogens with zero attached hydrogens (tertiary/aromatic N) is 1. The summed E-state index contributed by atoms with van der Waals surface area (Å²) < 4.78 is 57.8. The fraction of sp³-hybridized carbons (Fsp3) is 0.692. The molecule has 14 heteroatoms. The second-order valence-electron chi connectivity index (χ2n) is 5.05. The Morgan fingerprint density at radius 1 is 1.07 bits per heavy atom. The Balaban J connectivity index is 3.69. The molecule has 0 aromatic heterocycles. The van der Waals surface area contributed by atoms with Gasteiger partial charge in [0.05, 0.1) is 32.6 Å². The third-order valence-electron chi connectivity index (χ3n) is 2.88. The molecule has 0 radical (unpaired) electrons. The van der Waals surface area contributed by atoms with Gasteiger partial charge in [0.2, 0.25) is 15.9 Å². The van der Waals surface area contributed by atoms with Gasteiger partial charge in [0, 0.05) is 26.2 Å². The molecule has 0 unspecified atom stereocenters. The van der Waals surface area contributed by atoms with E-state index < -0.39 is 26.2 Å². The van der Waals surface area contributed by atoms with Crippen molar-refractivity contribution in [2.24, 2.45) is 0 Å². The molecule has 0 aromatic carbocycles. The van der Waals surface area contributed by atoms with Gasteiger partial charge in [0.25, 0.3) is 10.2 Å². The average molecular weight is 431 g/mol. The molecule has 0 saturated carbocycles. The molecule has 0 aromatic rings. The lowest BCUT2D eigenvalue weighted by atomic mass is 10.5. The van der Waals surface area contributed by atoms with Crippen molar-refractivity contribution in [2.45, 2.75) is 0 Å². The van der Waals surface area contributed by atoms with Gasteiger partial charge >= 0.3 is 5.97 Å². The fourth-order valence-electron chi connectivity index (χ4n) is 1.42. The normalized spacial score (nSPS) is 12.0. The van der Waals surface area contributed by atoms with E-state index in [1.54, 1.807) is 0 Å². The zero-order valence-corrected chi connectivity index (χ0v) is 16.9. The summed E-state index contributed by atoms with van der Waals surface area (Å²) in [7, 11) is -7.08. The van der Waals surface area contributed by atoms with Crippen LogP contribution in [0.1, 0.15) is 0 Å². The lowest BCUT2D eigenvalue weighted by Gasteiger charge is -2.15. The Morgan fingerprint density at radius 2 is 1.70 bits per heavy atom. The first-order valence-electron chi connectivity index (χ1n) is 7.78. The number of hydrogen-bond donors (Lipinski definition) is 3. The topological polar surface area (TPSA) is 160 Å². The Bertz CT molecular complexity index is 693. The number of rotatable bonds is 15. The van der Waals surface area contributed by atoms with E-state index in [9.17, 15) is 26.4 Å². The number of ether oxygens (including phenoxy) is 2. The zero-order valence-electron chi connectivity index (χ0n) is 15.3. The summed E-state index contributed by atoms with van der Waals surface area (Å²) in [5.74, 6) is -0.856. The van der Waals surface area contributed by atoms with Crippen molar-refractivity contribution in [2.75, 3.05) is 59.3 Å². The lowest BCUT2D eigenvalue weighted by Crippen LogP contribution is -2.42. The van der Waals surface area contributed by atoms with Crippen molar-refractivity contribution in [3.05, 3.63) is 12.7 Å². The Hall–Kier alpha value is -1.58. The number of hydrogen-bond acceptors (Lipinski definition) is 9. The molecule has 0 aliphatic rings. The molecular formula is C13H26N4O8S2. The molecule has 0 rings (SSSR count).